The number of benzene rings is 1. The van der Waals surface area contributed by atoms with Gasteiger partial charge in [-0.2, -0.15) is 5.10 Å². The molecule has 2 aliphatic rings. The Balaban J connectivity index is 1.45. The molecule has 1 aromatic carbocycles. The molecule has 0 aliphatic carbocycles. The van der Waals surface area contributed by atoms with E-state index in [-0.39, 0.29) is 37.6 Å². The zero-order chi connectivity index (χ0) is 24.6. The summed E-state index contributed by atoms with van der Waals surface area (Å²) in [4.78, 5) is 19.8. The normalized spacial score (nSPS) is 20.3. The number of hydrogen-bond acceptors (Lipinski definition) is 8. The largest absolute Gasteiger partial charge is 0.484 e. The fourth-order valence-corrected chi connectivity index (χ4v) is 5.15. The molecule has 0 radical (unpaired) electrons. The van der Waals surface area contributed by atoms with Gasteiger partial charge in [0.05, 0.1) is 24.2 Å². The first-order valence-electron chi connectivity index (χ1n) is 12.0. The predicted octanol–water partition coefficient (Wildman–Crippen LogP) is 1.48. The Bertz CT molecular complexity index is 1220. The number of fused-ring (bicyclic) bond motifs is 2. The van der Waals surface area contributed by atoms with Crippen LogP contribution in [-0.4, -0.2) is 74.3 Å². The summed E-state index contributed by atoms with van der Waals surface area (Å²) in [6.45, 7) is 3.15. The standard InChI is InChI=1S/C25H31N5O5/c1-25(15-33)11-17-9-20(28-24(34)19-12-27-30-6-2-5-26-23(19)30)21(10-22(17)35-25)29-7-3-16(4-8-29)18(13-31)14-32/h2,5-6,9-10,12,16,18,31-33H,3-4,7-8,11,13-15H2,1H3,(H,28,34). The number of amides is 1. The van der Waals surface area contributed by atoms with Gasteiger partial charge in [0.2, 0.25) is 0 Å². The lowest BCUT2D eigenvalue weighted by Gasteiger charge is -2.37. The molecule has 1 amide bonds. The van der Waals surface area contributed by atoms with Gasteiger partial charge in [0, 0.05) is 62.7 Å². The van der Waals surface area contributed by atoms with Gasteiger partial charge in [-0.05, 0) is 37.8 Å². The van der Waals surface area contributed by atoms with Crippen molar-refractivity contribution in [3.63, 3.8) is 0 Å². The highest BCUT2D eigenvalue weighted by Crippen LogP contribution is 2.43. The van der Waals surface area contributed by atoms with Gasteiger partial charge >= 0.3 is 0 Å². The minimum Gasteiger partial charge on any atom is -0.484 e. The number of rotatable bonds is 7. The number of piperidine rings is 1. The monoisotopic (exact) mass is 481 g/mol. The molecule has 10 nitrogen and oxygen atoms in total. The molecular formula is C25H31N5O5. The minimum absolute atomic E-state index is 0.0252. The summed E-state index contributed by atoms with van der Waals surface area (Å²) < 4.78 is 7.64. The van der Waals surface area contributed by atoms with Crippen LogP contribution in [0.3, 0.4) is 0 Å². The van der Waals surface area contributed by atoms with Gasteiger partial charge in [-0.1, -0.05) is 0 Å². The molecular weight excluding hydrogens is 450 g/mol. The molecule has 4 heterocycles. The lowest BCUT2D eigenvalue weighted by molar-refractivity contribution is 0.0447. The Kier molecular flexibility index (Phi) is 6.35. The SMILES string of the molecule is CC1(CO)Cc2cc(NC(=O)c3cnn4cccnc34)c(N3CCC(C(CO)CO)CC3)cc2O1. The lowest BCUT2D eigenvalue weighted by atomic mass is 9.85. The van der Waals surface area contributed by atoms with Gasteiger partial charge < -0.3 is 30.3 Å². The number of aromatic nitrogens is 3. The number of anilines is 2. The summed E-state index contributed by atoms with van der Waals surface area (Å²) in [5.41, 5.74) is 2.58. The smallest absolute Gasteiger partial charge is 0.261 e. The van der Waals surface area contributed by atoms with Crippen molar-refractivity contribution >= 4 is 22.9 Å². The lowest BCUT2D eigenvalue weighted by Crippen LogP contribution is -2.38. The number of hydrogen-bond donors (Lipinski definition) is 4. The number of carbonyl (C=O) groups excluding carboxylic acids is 1. The first kappa shape index (κ1) is 23.5. The topological polar surface area (TPSA) is 132 Å². The van der Waals surface area contributed by atoms with Crippen LogP contribution in [0.4, 0.5) is 11.4 Å². The molecule has 0 spiro atoms. The van der Waals surface area contributed by atoms with E-state index in [1.807, 2.05) is 19.1 Å². The molecule has 0 bridgehead atoms. The number of nitrogens with one attached hydrogen (secondary N) is 1. The average molecular weight is 482 g/mol. The number of aliphatic hydroxyl groups is 3. The van der Waals surface area contributed by atoms with Crippen molar-refractivity contribution < 1.29 is 24.9 Å². The maximum Gasteiger partial charge on any atom is 0.261 e. The molecule has 2 aromatic heterocycles. The molecule has 1 unspecified atom stereocenters. The fraction of sp³-hybridized carbons (Fsp3) is 0.480. The Labute approximate surface area is 203 Å². The molecule has 35 heavy (non-hydrogen) atoms. The second-order valence-corrected chi connectivity index (χ2v) is 9.71. The summed E-state index contributed by atoms with van der Waals surface area (Å²) in [6, 6.07) is 5.62. The molecule has 2 aliphatic heterocycles. The van der Waals surface area contributed by atoms with Gasteiger partial charge in [0.1, 0.15) is 16.9 Å². The number of ether oxygens (including phenoxy) is 1. The summed E-state index contributed by atoms with van der Waals surface area (Å²) in [6.07, 6.45) is 7.05. The molecule has 1 fully saturated rings. The van der Waals surface area contributed by atoms with Gasteiger partial charge in [0.15, 0.2) is 5.65 Å². The average Bonchev–Trinajstić information content (AvgIpc) is 3.45. The Morgan fingerprint density at radius 1 is 1.26 bits per heavy atom. The highest BCUT2D eigenvalue weighted by Gasteiger charge is 2.36. The summed E-state index contributed by atoms with van der Waals surface area (Å²) in [5, 5.41) is 36.3. The molecule has 3 aromatic rings. The van der Waals surface area contributed by atoms with E-state index in [0.717, 1.165) is 37.2 Å². The number of carbonyl (C=O) groups is 1. The van der Waals surface area contributed by atoms with E-state index >= 15 is 0 Å². The quantitative estimate of drug-likeness (QED) is 0.399. The van der Waals surface area contributed by atoms with Crippen LogP contribution in [0.5, 0.6) is 5.75 Å². The zero-order valence-corrected chi connectivity index (χ0v) is 19.7. The van der Waals surface area contributed by atoms with Crippen LogP contribution >= 0.6 is 0 Å². The number of nitrogens with zero attached hydrogens (tertiary/aromatic N) is 4. The van der Waals surface area contributed by atoms with E-state index in [1.54, 1.807) is 23.0 Å². The molecule has 186 valence electrons. The van der Waals surface area contributed by atoms with Crippen molar-refractivity contribution in [2.24, 2.45) is 11.8 Å². The summed E-state index contributed by atoms with van der Waals surface area (Å²) >= 11 is 0. The maximum absolute atomic E-state index is 13.3. The fourth-order valence-electron chi connectivity index (χ4n) is 5.15. The highest BCUT2D eigenvalue weighted by molar-refractivity contribution is 6.09. The van der Waals surface area contributed by atoms with E-state index in [0.29, 0.717) is 29.1 Å². The Morgan fingerprint density at radius 2 is 2.03 bits per heavy atom. The summed E-state index contributed by atoms with van der Waals surface area (Å²) in [7, 11) is 0. The first-order chi connectivity index (χ1) is 16.9. The van der Waals surface area contributed by atoms with Gasteiger partial charge in [-0.15, -0.1) is 0 Å². The zero-order valence-electron chi connectivity index (χ0n) is 19.7. The van der Waals surface area contributed by atoms with Crippen LogP contribution in [0.2, 0.25) is 0 Å². The molecule has 5 rings (SSSR count). The Hall–Kier alpha value is -3.21. The summed E-state index contributed by atoms with van der Waals surface area (Å²) in [5.74, 6) is 0.526. The molecule has 1 saturated heterocycles. The minimum atomic E-state index is -0.697. The van der Waals surface area contributed by atoms with Crippen molar-refractivity contribution in [2.75, 3.05) is 43.1 Å². The van der Waals surface area contributed by atoms with E-state index in [9.17, 15) is 20.1 Å². The van der Waals surface area contributed by atoms with Crippen molar-refractivity contribution in [3.8, 4) is 5.75 Å². The second kappa shape index (κ2) is 9.44. The third-order valence-corrected chi connectivity index (χ3v) is 7.22. The third-order valence-electron chi connectivity index (χ3n) is 7.22. The van der Waals surface area contributed by atoms with Crippen LogP contribution in [-0.2, 0) is 6.42 Å². The van der Waals surface area contributed by atoms with E-state index < -0.39 is 5.60 Å². The van der Waals surface area contributed by atoms with Crippen LogP contribution in [0.15, 0.2) is 36.8 Å². The second-order valence-electron chi connectivity index (χ2n) is 9.71. The van der Waals surface area contributed by atoms with Gasteiger partial charge in [-0.3, -0.25) is 4.79 Å². The van der Waals surface area contributed by atoms with Gasteiger partial charge in [0.25, 0.3) is 5.91 Å². The third kappa shape index (κ3) is 4.44. The van der Waals surface area contributed by atoms with Crippen LogP contribution in [0, 0.1) is 11.8 Å². The van der Waals surface area contributed by atoms with Crippen LogP contribution < -0.4 is 15.0 Å². The van der Waals surface area contributed by atoms with E-state index in [4.69, 9.17) is 4.74 Å². The number of aliphatic hydroxyl groups excluding tert-OH is 3. The first-order valence-corrected chi connectivity index (χ1v) is 12.0. The Morgan fingerprint density at radius 3 is 2.74 bits per heavy atom. The molecule has 0 saturated carbocycles. The van der Waals surface area contributed by atoms with Crippen LogP contribution in [0.1, 0.15) is 35.7 Å². The molecule has 4 N–H and O–H groups in total. The maximum atomic E-state index is 13.3. The van der Waals surface area contributed by atoms with Crippen molar-refractivity contribution in [1.29, 1.82) is 0 Å². The van der Waals surface area contributed by atoms with Crippen molar-refractivity contribution in [1.82, 2.24) is 14.6 Å². The van der Waals surface area contributed by atoms with Crippen LogP contribution in [0.25, 0.3) is 5.65 Å². The molecule has 1 atom stereocenters. The van der Waals surface area contributed by atoms with E-state index in [2.05, 4.69) is 20.3 Å². The van der Waals surface area contributed by atoms with Crippen molar-refractivity contribution in [2.45, 2.75) is 31.8 Å². The molecule has 10 heteroatoms. The van der Waals surface area contributed by atoms with Crippen molar-refractivity contribution in [3.05, 3.63) is 47.9 Å². The van der Waals surface area contributed by atoms with E-state index in [1.165, 1.54) is 6.20 Å². The predicted molar refractivity (Wildman–Crippen MR) is 130 cm³/mol. The highest BCUT2D eigenvalue weighted by atomic mass is 16.5. The van der Waals surface area contributed by atoms with Gasteiger partial charge in [-0.25, -0.2) is 9.50 Å².